The van der Waals surface area contributed by atoms with Gasteiger partial charge in [-0.1, -0.05) is 20.3 Å². The summed E-state index contributed by atoms with van der Waals surface area (Å²) >= 11 is 5.68. The first-order valence-electron chi connectivity index (χ1n) is 5.83. The number of anilines is 1. The molecule has 0 saturated carbocycles. The first-order chi connectivity index (χ1) is 7.71. The number of hydrogen-bond donors (Lipinski definition) is 0. The van der Waals surface area contributed by atoms with E-state index in [1.807, 2.05) is 6.20 Å². The quantitative estimate of drug-likeness (QED) is 0.717. The highest BCUT2D eigenvalue weighted by Gasteiger charge is 2.09. The van der Waals surface area contributed by atoms with E-state index in [0.717, 1.165) is 24.6 Å². The van der Waals surface area contributed by atoms with Gasteiger partial charge in [0.1, 0.15) is 5.82 Å². The van der Waals surface area contributed by atoms with Crippen LogP contribution < -0.4 is 4.90 Å². The minimum absolute atomic E-state index is 0.421. The highest BCUT2D eigenvalue weighted by Crippen LogP contribution is 2.13. The smallest absolute Gasteiger partial charge is 0.147 e. The SMILES string of the molecule is CCC(C)CN(CC)c1cnc(CCl)cn1. The van der Waals surface area contributed by atoms with Crippen LogP contribution in [0.2, 0.25) is 0 Å². The lowest BCUT2D eigenvalue weighted by Crippen LogP contribution is -2.29. The molecule has 0 aliphatic rings. The van der Waals surface area contributed by atoms with Crippen LogP contribution in [-0.2, 0) is 5.88 Å². The summed E-state index contributed by atoms with van der Waals surface area (Å²) in [5.74, 6) is 2.04. The summed E-state index contributed by atoms with van der Waals surface area (Å²) in [5, 5.41) is 0. The summed E-state index contributed by atoms with van der Waals surface area (Å²) in [6.07, 6.45) is 4.74. The molecular weight excluding hydrogens is 222 g/mol. The Hall–Kier alpha value is -0.830. The molecule has 0 N–H and O–H groups in total. The summed E-state index contributed by atoms with van der Waals surface area (Å²) in [7, 11) is 0. The van der Waals surface area contributed by atoms with Gasteiger partial charge >= 0.3 is 0 Å². The van der Waals surface area contributed by atoms with Gasteiger partial charge in [0.25, 0.3) is 0 Å². The molecule has 1 atom stereocenters. The normalized spacial score (nSPS) is 12.5. The van der Waals surface area contributed by atoms with Gasteiger partial charge in [0.2, 0.25) is 0 Å². The second-order valence-corrected chi connectivity index (χ2v) is 4.32. The van der Waals surface area contributed by atoms with Gasteiger partial charge in [-0.15, -0.1) is 11.6 Å². The van der Waals surface area contributed by atoms with E-state index in [1.54, 1.807) is 6.20 Å². The lowest BCUT2D eigenvalue weighted by molar-refractivity contribution is 0.545. The predicted molar refractivity (Wildman–Crippen MR) is 68.9 cm³/mol. The van der Waals surface area contributed by atoms with Gasteiger partial charge in [-0.05, 0) is 12.8 Å². The Balaban J connectivity index is 2.70. The molecule has 0 aromatic carbocycles. The molecule has 1 aromatic rings. The van der Waals surface area contributed by atoms with Crippen molar-refractivity contribution in [3.8, 4) is 0 Å². The second-order valence-electron chi connectivity index (χ2n) is 4.05. The van der Waals surface area contributed by atoms with Crippen molar-refractivity contribution in [1.29, 1.82) is 0 Å². The summed E-state index contributed by atoms with van der Waals surface area (Å²) in [6, 6.07) is 0. The molecule has 0 saturated heterocycles. The van der Waals surface area contributed by atoms with Crippen LogP contribution in [0.3, 0.4) is 0 Å². The number of halogens is 1. The summed E-state index contributed by atoms with van der Waals surface area (Å²) in [5.41, 5.74) is 0.824. The van der Waals surface area contributed by atoms with Crippen molar-refractivity contribution in [1.82, 2.24) is 9.97 Å². The minimum Gasteiger partial charge on any atom is -0.355 e. The Labute approximate surface area is 103 Å². The minimum atomic E-state index is 0.421. The van der Waals surface area contributed by atoms with Crippen LogP contribution in [0.5, 0.6) is 0 Å². The van der Waals surface area contributed by atoms with Crippen LogP contribution in [0.4, 0.5) is 5.82 Å². The van der Waals surface area contributed by atoms with Gasteiger partial charge < -0.3 is 4.90 Å². The molecule has 1 aromatic heterocycles. The third-order valence-electron chi connectivity index (χ3n) is 2.76. The molecule has 0 bridgehead atoms. The summed E-state index contributed by atoms with van der Waals surface area (Å²) in [6.45, 7) is 8.59. The van der Waals surface area contributed by atoms with Crippen LogP contribution in [0.25, 0.3) is 0 Å². The molecule has 0 amide bonds. The van der Waals surface area contributed by atoms with Gasteiger partial charge in [-0.2, -0.15) is 0 Å². The van der Waals surface area contributed by atoms with Gasteiger partial charge in [0, 0.05) is 13.1 Å². The monoisotopic (exact) mass is 241 g/mol. The lowest BCUT2D eigenvalue weighted by atomic mass is 10.1. The molecule has 4 heteroatoms. The summed E-state index contributed by atoms with van der Waals surface area (Å²) < 4.78 is 0. The Morgan fingerprint density at radius 1 is 1.31 bits per heavy atom. The van der Waals surface area contributed by atoms with Gasteiger partial charge in [0.05, 0.1) is 24.0 Å². The molecule has 16 heavy (non-hydrogen) atoms. The number of alkyl halides is 1. The standard InChI is InChI=1S/C12H20ClN3/c1-4-10(3)9-16(5-2)12-8-14-11(6-13)7-15-12/h7-8,10H,4-6,9H2,1-3H3. The fourth-order valence-corrected chi connectivity index (χ4v) is 1.61. The zero-order valence-corrected chi connectivity index (χ0v) is 11.0. The van der Waals surface area contributed by atoms with Gasteiger partial charge in [-0.25, -0.2) is 4.98 Å². The van der Waals surface area contributed by atoms with Crippen LogP contribution in [-0.4, -0.2) is 23.1 Å². The number of nitrogens with zero attached hydrogens (tertiary/aromatic N) is 3. The van der Waals surface area contributed by atoms with E-state index < -0.39 is 0 Å². The molecule has 0 aliphatic carbocycles. The second kappa shape index (κ2) is 6.69. The third-order valence-corrected chi connectivity index (χ3v) is 3.04. The van der Waals surface area contributed by atoms with E-state index in [1.165, 1.54) is 6.42 Å². The maximum Gasteiger partial charge on any atom is 0.147 e. The third kappa shape index (κ3) is 3.63. The molecule has 1 heterocycles. The van der Waals surface area contributed by atoms with Crippen molar-refractivity contribution in [2.75, 3.05) is 18.0 Å². The largest absolute Gasteiger partial charge is 0.355 e. The first-order valence-corrected chi connectivity index (χ1v) is 6.36. The molecule has 0 spiro atoms. The fraction of sp³-hybridized carbons (Fsp3) is 0.667. The van der Waals surface area contributed by atoms with Gasteiger partial charge in [0.15, 0.2) is 0 Å². The molecule has 90 valence electrons. The average Bonchev–Trinajstić information content (AvgIpc) is 2.35. The van der Waals surface area contributed by atoms with Crippen molar-refractivity contribution in [2.45, 2.75) is 33.1 Å². The van der Waals surface area contributed by atoms with E-state index in [2.05, 4.69) is 35.6 Å². The Morgan fingerprint density at radius 2 is 2.06 bits per heavy atom. The van der Waals surface area contributed by atoms with Crippen LogP contribution in [0.15, 0.2) is 12.4 Å². The van der Waals surface area contributed by atoms with Gasteiger partial charge in [-0.3, -0.25) is 4.98 Å². The highest BCUT2D eigenvalue weighted by atomic mass is 35.5. The average molecular weight is 242 g/mol. The van der Waals surface area contributed by atoms with E-state index in [4.69, 9.17) is 11.6 Å². The van der Waals surface area contributed by atoms with Crippen molar-refractivity contribution in [3.63, 3.8) is 0 Å². The Morgan fingerprint density at radius 3 is 2.50 bits per heavy atom. The van der Waals surface area contributed by atoms with Crippen molar-refractivity contribution in [3.05, 3.63) is 18.1 Å². The fourth-order valence-electron chi connectivity index (χ4n) is 1.47. The number of rotatable bonds is 6. The molecule has 3 nitrogen and oxygen atoms in total. The molecule has 0 fully saturated rings. The molecule has 1 unspecified atom stereocenters. The number of hydrogen-bond acceptors (Lipinski definition) is 3. The molecule has 1 rings (SSSR count). The highest BCUT2D eigenvalue weighted by molar-refractivity contribution is 6.16. The molecule has 0 aliphatic heterocycles. The Bertz CT molecular complexity index is 300. The van der Waals surface area contributed by atoms with E-state index >= 15 is 0 Å². The van der Waals surface area contributed by atoms with Crippen LogP contribution in [0, 0.1) is 5.92 Å². The maximum atomic E-state index is 5.68. The van der Waals surface area contributed by atoms with E-state index in [-0.39, 0.29) is 0 Å². The van der Waals surface area contributed by atoms with E-state index in [9.17, 15) is 0 Å². The zero-order chi connectivity index (χ0) is 12.0. The topological polar surface area (TPSA) is 29.0 Å². The van der Waals surface area contributed by atoms with Crippen molar-refractivity contribution >= 4 is 17.4 Å². The maximum absolute atomic E-state index is 5.68. The van der Waals surface area contributed by atoms with Crippen molar-refractivity contribution < 1.29 is 0 Å². The molecule has 0 radical (unpaired) electrons. The lowest BCUT2D eigenvalue weighted by Gasteiger charge is -2.24. The first kappa shape index (κ1) is 13.2. The van der Waals surface area contributed by atoms with Crippen molar-refractivity contribution in [2.24, 2.45) is 5.92 Å². The predicted octanol–water partition coefficient (Wildman–Crippen LogP) is 3.09. The van der Waals surface area contributed by atoms with Crippen LogP contribution >= 0.6 is 11.6 Å². The van der Waals surface area contributed by atoms with Crippen LogP contribution in [0.1, 0.15) is 32.9 Å². The summed E-state index contributed by atoms with van der Waals surface area (Å²) in [4.78, 5) is 10.9. The van der Waals surface area contributed by atoms with E-state index in [0.29, 0.717) is 11.8 Å². The molecular formula is C12H20ClN3. The zero-order valence-electron chi connectivity index (χ0n) is 10.3. The number of aromatic nitrogens is 2. The Kier molecular flexibility index (Phi) is 5.53.